The number of benzene rings is 2. The summed E-state index contributed by atoms with van der Waals surface area (Å²) in [5.74, 6) is 0.0301. The molecule has 1 atom stereocenters. The maximum atomic E-state index is 12.0. The minimum atomic E-state index is -3.76. The van der Waals surface area contributed by atoms with E-state index in [9.17, 15) is 18.3 Å². The SMILES string of the molecule is CS(=O)(=O)N(C[C@H](O)C(=O)NO)c1ccc(Oc2ccc(I)cc2)cc1. The average Bonchev–Trinajstić information content (AvgIpc) is 2.60. The number of nitrogens with one attached hydrogen (secondary N) is 1. The molecule has 2 aromatic carbocycles. The molecule has 0 aliphatic rings. The van der Waals surface area contributed by atoms with Gasteiger partial charge in [0.1, 0.15) is 11.5 Å². The summed E-state index contributed by atoms with van der Waals surface area (Å²) in [4.78, 5) is 11.2. The molecule has 10 heteroatoms. The van der Waals surface area contributed by atoms with E-state index in [1.165, 1.54) is 17.6 Å². The molecule has 0 spiro atoms. The van der Waals surface area contributed by atoms with E-state index >= 15 is 0 Å². The highest BCUT2D eigenvalue weighted by molar-refractivity contribution is 14.1. The van der Waals surface area contributed by atoms with Crippen molar-refractivity contribution in [3.8, 4) is 11.5 Å². The Morgan fingerprint density at radius 3 is 2.12 bits per heavy atom. The molecule has 0 fully saturated rings. The number of aliphatic hydroxyl groups excluding tert-OH is 1. The van der Waals surface area contributed by atoms with Crippen molar-refractivity contribution in [3.05, 3.63) is 52.1 Å². The molecule has 0 saturated carbocycles. The third-order valence-electron chi connectivity index (χ3n) is 3.33. The van der Waals surface area contributed by atoms with Crippen LogP contribution in [0.2, 0.25) is 0 Å². The Bertz CT molecular complexity index is 855. The number of sulfonamides is 1. The fourth-order valence-corrected chi connectivity index (χ4v) is 3.34. The zero-order valence-corrected chi connectivity index (χ0v) is 16.6. The van der Waals surface area contributed by atoms with Crippen LogP contribution < -0.4 is 14.5 Å². The molecule has 0 radical (unpaired) electrons. The minimum Gasteiger partial charge on any atom is -0.457 e. The van der Waals surface area contributed by atoms with Crippen molar-refractivity contribution in [1.82, 2.24) is 5.48 Å². The zero-order valence-electron chi connectivity index (χ0n) is 13.7. The molecule has 0 aliphatic heterocycles. The lowest BCUT2D eigenvalue weighted by molar-refractivity contribution is -0.137. The van der Waals surface area contributed by atoms with Gasteiger partial charge < -0.3 is 9.84 Å². The second-order valence-corrected chi connectivity index (χ2v) is 8.49. The van der Waals surface area contributed by atoms with E-state index in [1.54, 1.807) is 12.1 Å². The van der Waals surface area contributed by atoms with Gasteiger partial charge in [-0.05, 0) is 71.1 Å². The highest BCUT2D eigenvalue weighted by Crippen LogP contribution is 2.26. The van der Waals surface area contributed by atoms with Crippen LogP contribution in [0.25, 0.3) is 0 Å². The van der Waals surface area contributed by atoms with E-state index in [4.69, 9.17) is 9.94 Å². The summed E-state index contributed by atoms with van der Waals surface area (Å²) >= 11 is 2.18. The Labute approximate surface area is 164 Å². The Hall–Kier alpha value is -1.89. The standard InChI is InChI=1S/C16H17IN2O6S/c1-26(23,24)19(10-15(20)16(21)18-22)12-4-8-14(9-5-12)25-13-6-2-11(17)3-7-13/h2-9,15,20,22H,10H2,1H3,(H,18,21)/t15-/m0/s1. The molecule has 26 heavy (non-hydrogen) atoms. The van der Waals surface area contributed by atoms with Crippen LogP contribution in [0, 0.1) is 3.57 Å². The molecule has 0 saturated heterocycles. The number of amides is 1. The van der Waals surface area contributed by atoms with Gasteiger partial charge in [-0.2, -0.15) is 0 Å². The number of aliphatic hydroxyl groups is 1. The third kappa shape index (κ3) is 5.56. The molecule has 2 rings (SSSR count). The van der Waals surface area contributed by atoms with Crippen LogP contribution in [-0.2, 0) is 14.8 Å². The van der Waals surface area contributed by atoms with Gasteiger partial charge in [0.15, 0.2) is 6.10 Å². The largest absolute Gasteiger partial charge is 0.457 e. The summed E-state index contributed by atoms with van der Waals surface area (Å²) in [7, 11) is -3.76. The number of rotatable bonds is 7. The first-order valence-corrected chi connectivity index (χ1v) is 10.3. The monoisotopic (exact) mass is 492 g/mol. The van der Waals surface area contributed by atoms with E-state index < -0.39 is 28.6 Å². The van der Waals surface area contributed by atoms with Crippen molar-refractivity contribution < 1.29 is 28.3 Å². The molecule has 140 valence electrons. The van der Waals surface area contributed by atoms with Crippen molar-refractivity contribution in [2.75, 3.05) is 17.1 Å². The Kier molecular flexibility index (Phi) is 6.81. The highest BCUT2D eigenvalue weighted by atomic mass is 127. The molecule has 0 aliphatic carbocycles. The normalized spacial score (nSPS) is 12.3. The smallest absolute Gasteiger partial charge is 0.274 e. The van der Waals surface area contributed by atoms with Gasteiger partial charge >= 0.3 is 0 Å². The highest BCUT2D eigenvalue weighted by Gasteiger charge is 2.25. The summed E-state index contributed by atoms with van der Waals surface area (Å²) in [5, 5.41) is 18.2. The van der Waals surface area contributed by atoms with E-state index in [2.05, 4.69) is 22.6 Å². The van der Waals surface area contributed by atoms with Crippen LogP contribution in [-0.4, -0.2) is 43.5 Å². The lowest BCUT2D eigenvalue weighted by Crippen LogP contribution is -2.44. The Morgan fingerprint density at radius 1 is 1.15 bits per heavy atom. The molecule has 3 N–H and O–H groups in total. The number of carbonyl (C=O) groups is 1. The number of carbonyl (C=O) groups excluding carboxylic acids is 1. The number of nitrogens with zero attached hydrogens (tertiary/aromatic N) is 1. The number of hydrogen-bond acceptors (Lipinski definition) is 6. The minimum absolute atomic E-state index is 0.243. The van der Waals surface area contributed by atoms with E-state index in [0.29, 0.717) is 11.5 Å². The van der Waals surface area contributed by atoms with Crippen LogP contribution in [0.1, 0.15) is 0 Å². The van der Waals surface area contributed by atoms with Gasteiger partial charge in [-0.25, -0.2) is 13.9 Å². The Balaban J connectivity index is 2.19. The maximum absolute atomic E-state index is 12.0. The molecular weight excluding hydrogens is 475 g/mol. The van der Waals surface area contributed by atoms with Crippen LogP contribution in [0.5, 0.6) is 11.5 Å². The van der Waals surface area contributed by atoms with Crippen LogP contribution in [0.3, 0.4) is 0 Å². The first-order valence-electron chi connectivity index (χ1n) is 7.34. The molecule has 1 amide bonds. The topological polar surface area (TPSA) is 116 Å². The number of anilines is 1. The molecule has 0 unspecified atom stereocenters. The molecule has 2 aromatic rings. The van der Waals surface area contributed by atoms with Crippen molar-refractivity contribution in [2.45, 2.75) is 6.10 Å². The lowest BCUT2D eigenvalue weighted by Gasteiger charge is -2.24. The van der Waals surface area contributed by atoms with Crippen LogP contribution in [0.15, 0.2) is 48.5 Å². The molecular formula is C16H17IN2O6S. The fraction of sp³-hybridized carbons (Fsp3) is 0.188. The Morgan fingerprint density at radius 2 is 1.65 bits per heavy atom. The van der Waals surface area contributed by atoms with Gasteiger partial charge in [-0.3, -0.25) is 14.3 Å². The fourth-order valence-electron chi connectivity index (χ4n) is 2.07. The number of halogens is 1. The zero-order chi connectivity index (χ0) is 19.3. The summed E-state index contributed by atoms with van der Waals surface area (Å²) in [5.41, 5.74) is 1.53. The predicted octanol–water partition coefficient (Wildman–Crippen LogP) is 1.72. The first kappa shape index (κ1) is 20.4. The first-order chi connectivity index (χ1) is 12.2. The molecule has 8 nitrogen and oxygen atoms in total. The van der Waals surface area contributed by atoms with Gasteiger partial charge in [0.25, 0.3) is 5.91 Å². The number of hydroxylamine groups is 1. The quantitative estimate of drug-likeness (QED) is 0.308. The maximum Gasteiger partial charge on any atom is 0.274 e. The van der Waals surface area contributed by atoms with Gasteiger partial charge in [0.05, 0.1) is 18.5 Å². The van der Waals surface area contributed by atoms with E-state index in [0.717, 1.165) is 14.1 Å². The molecule has 0 bridgehead atoms. The molecule has 0 heterocycles. The summed E-state index contributed by atoms with van der Waals surface area (Å²) in [6, 6.07) is 13.5. The van der Waals surface area contributed by atoms with Crippen molar-refractivity contribution in [2.24, 2.45) is 0 Å². The predicted molar refractivity (Wildman–Crippen MR) is 104 cm³/mol. The number of hydrogen-bond donors (Lipinski definition) is 3. The third-order valence-corrected chi connectivity index (χ3v) is 5.21. The van der Waals surface area contributed by atoms with Gasteiger partial charge in [-0.1, -0.05) is 0 Å². The lowest BCUT2D eigenvalue weighted by atomic mass is 10.2. The second-order valence-electron chi connectivity index (χ2n) is 5.34. The van der Waals surface area contributed by atoms with Crippen LogP contribution in [0.4, 0.5) is 5.69 Å². The van der Waals surface area contributed by atoms with Crippen molar-refractivity contribution in [3.63, 3.8) is 0 Å². The van der Waals surface area contributed by atoms with E-state index in [-0.39, 0.29) is 5.69 Å². The summed E-state index contributed by atoms with van der Waals surface area (Å²) in [6.45, 7) is -0.539. The van der Waals surface area contributed by atoms with Crippen LogP contribution >= 0.6 is 22.6 Å². The average molecular weight is 492 g/mol. The van der Waals surface area contributed by atoms with Crippen molar-refractivity contribution >= 4 is 44.2 Å². The van der Waals surface area contributed by atoms with E-state index in [1.807, 2.05) is 24.3 Å². The second kappa shape index (κ2) is 8.66. The van der Waals surface area contributed by atoms with Gasteiger partial charge in [0, 0.05) is 3.57 Å². The van der Waals surface area contributed by atoms with Gasteiger partial charge in [-0.15, -0.1) is 0 Å². The summed E-state index contributed by atoms with van der Waals surface area (Å²) < 4.78 is 31.6. The van der Waals surface area contributed by atoms with Crippen molar-refractivity contribution in [1.29, 1.82) is 0 Å². The number of ether oxygens (including phenoxy) is 1. The summed E-state index contributed by atoms with van der Waals surface area (Å²) in [6.07, 6.45) is -0.774. The van der Waals surface area contributed by atoms with Gasteiger partial charge in [0.2, 0.25) is 10.0 Å². The molecule has 0 aromatic heterocycles.